The van der Waals surface area contributed by atoms with Gasteiger partial charge in [-0.2, -0.15) is 5.10 Å². The van der Waals surface area contributed by atoms with Gasteiger partial charge in [-0.05, 0) is 17.5 Å². The van der Waals surface area contributed by atoms with E-state index in [2.05, 4.69) is 44.0 Å². The van der Waals surface area contributed by atoms with Crippen LogP contribution in [-0.4, -0.2) is 22.9 Å². The van der Waals surface area contributed by atoms with Crippen LogP contribution in [0.3, 0.4) is 0 Å². The van der Waals surface area contributed by atoms with E-state index in [-0.39, 0.29) is 0 Å². The summed E-state index contributed by atoms with van der Waals surface area (Å²) in [7, 11) is 1.79. The van der Waals surface area contributed by atoms with Gasteiger partial charge in [0.05, 0.1) is 16.8 Å². The molecule has 1 aromatic carbocycles. The lowest BCUT2D eigenvalue weighted by molar-refractivity contribution is 0.850. The van der Waals surface area contributed by atoms with Crippen LogP contribution < -0.4 is 4.80 Å². The topological polar surface area (TPSA) is 45.4 Å². The van der Waals surface area contributed by atoms with Crippen molar-refractivity contribution in [1.29, 1.82) is 0 Å². The molecule has 0 spiro atoms. The molecule has 3 heterocycles. The standard InChI is InChI=1S/C17H14N4S2/c1-18-17-21(15(11-23-17)16-7-4-8-22-16)20-10-12-9-19-14-6-3-2-5-13(12)14/h2-11,19H,1H3. The number of aromatic amines is 1. The minimum Gasteiger partial charge on any atom is -0.361 e. The molecule has 0 atom stereocenters. The van der Waals surface area contributed by atoms with Crippen molar-refractivity contribution in [2.45, 2.75) is 0 Å². The second-order valence-electron chi connectivity index (χ2n) is 4.95. The van der Waals surface area contributed by atoms with Gasteiger partial charge in [-0.1, -0.05) is 24.3 Å². The van der Waals surface area contributed by atoms with Crippen LogP contribution in [0.15, 0.2) is 63.4 Å². The van der Waals surface area contributed by atoms with E-state index in [1.54, 1.807) is 29.7 Å². The van der Waals surface area contributed by atoms with Gasteiger partial charge in [-0.3, -0.25) is 4.99 Å². The van der Waals surface area contributed by atoms with Gasteiger partial charge in [-0.15, -0.1) is 22.7 Å². The summed E-state index contributed by atoms with van der Waals surface area (Å²) in [6, 6.07) is 12.4. The lowest BCUT2D eigenvalue weighted by Crippen LogP contribution is -2.11. The van der Waals surface area contributed by atoms with Gasteiger partial charge >= 0.3 is 0 Å². The van der Waals surface area contributed by atoms with Gasteiger partial charge in [0.2, 0.25) is 4.80 Å². The Hall–Kier alpha value is -2.44. The van der Waals surface area contributed by atoms with Gasteiger partial charge in [0.15, 0.2) is 0 Å². The molecule has 4 rings (SSSR count). The number of fused-ring (bicyclic) bond motifs is 1. The summed E-state index contributed by atoms with van der Waals surface area (Å²) in [5, 5.41) is 10.0. The normalized spacial score (nSPS) is 12.7. The molecule has 4 aromatic rings. The molecule has 0 saturated heterocycles. The van der Waals surface area contributed by atoms with E-state index < -0.39 is 0 Å². The van der Waals surface area contributed by atoms with E-state index in [0.29, 0.717) is 0 Å². The Morgan fingerprint density at radius 2 is 2.04 bits per heavy atom. The Kier molecular flexibility index (Phi) is 3.69. The van der Waals surface area contributed by atoms with Crippen LogP contribution >= 0.6 is 22.7 Å². The number of nitrogens with one attached hydrogen (secondary N) is 1. The molecule has 0 unspecified atom stereocenters. The van der Waals surface area contributed by atoms with E-state index in [4.69, 9.17) is 0 Å². The summed E-state index contributed by atoms with van der Waals surface area (Å²) in [5.41, 5.74) is 3.25. The van der Waals surface area contributed by atoms with Crippen molar-refractivity contribution >= 4 is 39.8 Å². The Labute approximate surface area is 141 Å². The van der Waals surface area contributed by atoms with Gasteiger partial charge in [0, 0.05) is 35.1 Å². The quantitative estimate of drug-likeness (QED) is 0.545. The Morgan fingerprint density at radius 1 is 1.13 bits per heavy atom. The van der Waals surface area contributed by atoms with Crippen molar-refractivity contribution in [3.63, 3.8) is 0 Å². The number of rotatable bonds is 3. The fraction of sp³-hybridized carbons (Fsp3) is 0.0588. The minimum atomic E-state index is 0.879. The van der Waals surface area contributed by atoms with Crippen LogP contribution in [0, 0.1) is 0 Å². The van der Waals surface area contributed by atoms with Gasteiger partial charge < -0.3 is 4.98 Å². The first-order valence-electron chi connectivity index (χ1n) is 7.14. The molecule has 0 saturated carbocycles. The fourth-order valence-electron chi connectivity index (χ4n) is 2.48. The molecule has 1 N–H and O–H groups in total. The molecule has 0 aliphatic rings. The van der Waals surface area contributed by atoms with Gasteiger partial charge in [0.1, 0.15) is 0 Å². The van der Waals surface area contributed by atoms with E-state index in [1.807, 2.05) is 35.3 Å². The number of thiophene rings is 1. The summed E-state index contributed by atoms with van der Waals surface area (Å²) in [6.45, 7) is 0. The average Bonchev–Trinajstić information content (AvgIpc) is 3.31. The largest absolute Gasteiger partial charge is 0.361 e. The van der Waals surface area contributed by atoms with Crippen LogP contribution in [0.4, 0.5) is 0 Å². The highest BCUT2D eigenvalue weighted by atomic mass is 32.1. The maximum Gasteiger partial charge on any atom is 0.205 e. The lowest BCUT2D eigenvalue weighted by atomic mass is 10.2. The fourth-order valence-corrected chi connectivity index (χ4v) is 4.07. The molecule has 0 aliphatic carbocycles. The second-order valence-corrected chi connectivity index (χ2v) is 6.73. The van der Waals surface area contributed by atoms with Crippen molar-refractivity contribution in [2.24, 2.45) is 10.1 Å². The Balaban J connectivity index is 1.81. The highest BCUT2D eigenvalue weighted by Gasteiger charge is 2.08. The summed E-state index contributed by atoms with van der Waals surface area (Å²) in [4.78, 5) is 9.66. The Morgan fingerprint density at radius 3 is 2.87 bits per heavy atom. The molecular weight excluding hydrogens is 324 g/mol. The summed E-state index contributed by atoms with van der Waals surface area (Å²) in [6.07, 6.45) is 3.87. The van der Waals surface area contributed by atoms with Crippen LogP contribution in [0.5, 0.6) is 0 Å². The molecule has 114 valence electrons. The van der Waals surface area contributed by atoms with E-state index >= 15 is 0 Å². The molecule has 23 heavy (non-hydrogen) atoms. The van der Waals surface area contributed by atoms with Crippen molar-refractivity contribution < 1.29 is 0 Å². The Bertz CT molecular complexity index is 1030. The number of thiazole rings is 1. The first kappa shape index (κ1) is 14.2. The lowest BCUT2D eigenvalue weighted by Gasteiger charge is -2.00. The van der Waals surface area contributed by atoms with Crippen molar-refractivity contribution in [3.05, 3.63) is 63.7 Å². The third-order valence-electron chi connectivity index (χ3n) is 3.58. The van der Waals surface area contributed by atoms with Crippen LogP contribution in [0.2, 0.25) is 0 Å². The maximum absolute atomic E-state index is 4.68. The third kappa shape index (κ3) is 2.56. The van der Waals surface area contributed by atoms with Crippen LogP contribution in [-0.2, 0) is 0 Å². The molecule has 0 aliphatic heterocycles. The molecule has 6 heteroatoms. The smallest absolute Gasteiger partial charge is 0.205 e. The second kappa shape index (κ2) is 5.98. The highest BCUT2D eigenvalue weighted by molar-refractivity contribution is 7.14. The SMILES string of the molecule is CN=c1scc(-c2cccs2)n1N=Cc1c[nH]c2ccccc12. The summed E-state index contributed by atoms with van der Waals surface area (Å²) >= 11 is 3.30. The summed E-state index contributed by atoms with van der Waals surface area (Å²) < 4.78 is 1.90. The molecule has 0 bridgehead atoms. The first-order chi connectivity index (χ1) is 11.4. The molecule has 3 aromatic heterocycles. The number of H-pyrrole nitrogens is 1. The van der Waals surface area contributed by atoms with Crippen molar-refractivity contribution in [2.75, 3.05) is 7.05 Å². The predicted molar refractivity (Wildman–Crippen MR) is 98.4 cm³/mol. The predicted octanol–water partition coefficient (Wildman–Crippen LogP) is 4.17. The monoisotopic (exact) mass is 338 g/mol. The van der Waals surface area contributed by atoms with Crippen LogP contribution in [0.1, 0.15) is 5.56 Å². The number of hydrogen-bond donors (Lipinski definition) is 1. The molecule has 4 nitrogen and oxygen atoms in total. The number of aromatic nitrogens is 2. The van der Waals surface area contributed by atoms with Crippen molar-refractivity contribution in [3.8, 4) is 10.6 Å². The molecular formula is C17H14N4S2. The van der Waals surface area contributed by atoms with E-state index in [9.17, 15) is 0 Å². The van der Waals surface area contributed by atoms with Gasteiger partial charge in [-0.25, -0.2) is 4.68 Å². The number of nitrogens with zero attached hydrogens (tertiary/aromatic N) is 3. The zero-order chi connectivity index (χ0) is 15.6. The van der Waals surface area contributed by atoms with Gasteiger partial charge in [0.25, 0.3) is 0 Å². The zero-order valence-electron chi connectivity index (χ0n) is 12.4. The minimum absolute atomic E-state index is 0.879. The molecule has 0 fully saturated rings. The number of hydrogen-bond acceptors (Lipinski definition) is 4. The number of para-hydroxylation sites is 1. The molecule has 0 radical (unpaired) electrons. The summed E-state index contributed by atoms with van der Waals surface area (Å²) in [5.74, 6) is 0. The maximum atomic E-state index is 4.68. The first-order valence-corrected chi connectivity index (χ1v) is 8.90. The van der Waals surface area contributed by atoms with E-state index in [1.165, 1.54) is 10.3 Å². The van der Waals surface area contributed by atoms with E-state index in [0.717, 1.165) is 21.6 Å². The average molecular weight is 338 g/mol. The number of benzene rings is 1. The highest BCUT2D eigenvalue weighted by Crippen LogP contribution is 2.25. The third-order valence-corrected chi connectivity index (χ3v) is 5.38. The zero-order valence-corrected chi connectivity index (χ0v) is 14.1. The van der Waals surface area contributed by atoms with Crippen LogP contribution in [0.25, 0.3) is 21.5 Å². The molecule has 0 amide bonds. The van der Waals surface area contributed by atoms with Crippen molar-refractivity contribution in [1.82, 2.24) is 9.66 Å².